The lowest BCUT2D eigenvalue weighted by Gasteiger charge is -2.35. The highest BCUT2D eigenvalue weighted by atomic mass is 35.5. The summed E-state index contributed by atoms with van der Waals surface area (Å²) in [7, 11) is 0. The zero-order valence-electron chi connectivity index (χ0n) is 13.3. The molecule has 0 unspecified atom stereocenters. The van der Waals surface area contributed by atoms with Gasteiger partial charge >= 0.3 is 0 Å². The quantitative estimate of drug-likeness (QED) is 0.787. The highest BCUT2D eigenvalue weighted by Gasteiger charge is 2.18. The summed E-state index contributed by atoms with van der Waals surface area (Å²) in [4.78, 5) is 13.3. The van der Waals surface area contributed by atoms with Crippen molar-refractivity contribution < 1.29 is 4.74 Å². The van der Waals surface area contributed by atoms with Gasteiger partial charge in [-0.15, -0.1) is 0 Å². The molecule has 23 heavy (non-hydrogen) atoms. The van der Waals surface area contributed by atoms with Gasteiger partial charge in [0.25, 0.3) is 0 Å². The Morgan fingerprint density at radius 3 is 2.52 bits per heavy atom. The molecule has 0 spiro atoms. The number of piperazine rings is 1. The van der Waals surface area contributed by atoms with Gasteiger partial charge in [-0.3, -0.25) is 4.90 Å². The van der Waals surface area contributed by atoms with Crippen LogP contribution in [0.25, 0.3) is 0 Å². The van der Waals surface area contributed by atoms with Crippen LogP contribution in [0.15, 0.2) is 36.4 Å². The van der Waals surface area contributed by atoms with E-state index in [1.54, 1.807) is 0 Å². The van der Waals surface area contributed by atoms with Crippen molar-refractivity contribution in [3.63, 3.8) is 0 Å². The van der Waals surface area contributed by atoms with Crippen molar-refractivity contribution in [3.05, 3.63) is 47.4 Å². The van der Waals surface area contributed by atoms with Crippen LogP contribution in [0.5, 0.6) is 5.75 Å². The summed E-state index contributed by atoms with van der Waals surface area (Å²) < 4.78 is 5.76. The molecular weight excluding hydrogens is 312 g/mol. The van der Waals surface area contributed by atoms with Gasteiger partial charge in [0.2, 0.25) is 0 Å². The number of aryl methyl sites for hydroxylation is 1. The number of para-hydroxylation sites is 1. The molecular formula is C17H21ClN4O. The molecule has 1 fully saturated rings. The van der Waals surface area contributed by atoms with E-state index in [9.17, 15) is 0 Å². The predicted molar refractivity (Wildman–Crippen MR) is 92.4 cm³/mol. The minimum atomic E-state index is 0.506. The first-order valence-corrected chi connectivity index (χ1v) is 8.25. The van der Waals surface area contributed by atoms with E-state index in [0.29, 0.717) is 17.6 Å². The molecule has 1 aromatic carbocycles. The third-order valence-electron chi connectivity index (χ3n) is 3.91. The zero-order valence-corrected chi connectivity index (χ0v) is 14.0. The van der Waals surface area contributed by atoms with E-state index in [4.69, 9.17) is 16.3 Å². The molecule has 2 heterocycles. The number of benzene rings is 1. The van der Waals surface area contributed by atoms with Crippen LogP contribution in [0, 0.1) is 6.92 Å². The number of anilines is 1. The van der Waals surface area contributed by atoms with E-state index in [1.165, 1.54) is 0 Å². The van der Waals surface area contributed by atoms with E-state index >= 15 is 0 Å². The number of rotatable bonds is 5. The van der Waals surface area contributed by atoms with Crippen molar-refractivity contribution in [2.75, 3.05) is 44.2 Å². The Bertz CT molecular complexity index is 609. The maximum atomic E-state index is 6.02. The van der Waals surface area contributed by atoms with Crippen LogP contribution in [0.3, 0.4) is 0 Å². The minimum absolute atomic E-state index is 0.506. The first-order chi connectivity index (χ1) is 11.2. The van der Waals surface area contributed by atoms with E-state index in [2.05, 4.69) is 19.8 Å². The number of hydrogen-bond donors (Lipinski definition) is 0. The summed E-state index contributed by atoms with van der Waals surface area (Å²) in [6, 6.07) is 11.8. The molecule has 0 radical (unpaired) electrons. The molecule has 0 saturated carbocycles. The monoisotopic (exact) mass is 332 g/mol. The van der Waals surface area contributed by atoms with Crippen LogP contribution in [0.4, 0.5) is 5.82 Å². The topological polar surface area (TPSA) is 41.5 Å². The van der Waals surface area contributed by atoms with Crippen molar-refractivity contribution in [2.45, 2.75) is 6.92 Å². The van der Waals surface area contributed by atoms with Crippen molar-refractivity contribution in [1.82, 2.24) is 14.9 Å². The van der Waals surface area contributed by atoms with Crippen LogP contribution in [0.2, 0.25) is 5.15 Å². The summed E-state index contributed by atoms with van der Waals surface area (Å²) in [5, 5.41) is 0.506. The molecule has 6 heteroatoms. The van der Waals surface area contributed by atoms with E-state index in [-0.39, 0.29) is 0 Å². The van der Waals surface area contributed by atoms with Crippen molar-refractivity contribution in [2.24, 2.45) is 0 Å². The zero-order chi connectivity index (χ0) is 16.1. The second-order valence-corrected chi connectivity index (χ2v) is 5.97. The van der Waals surface area contributed by atoms with Gasteiger partial charge in [0, 0.05) is 38.8 Å². The number of hydrogen-bond acceptors (Lipinski definition) is 5. The van der Waals surface area contributed by atoms with E-state index in [0.717, 1.165) is 44.3 Å². The maximum Gasteiger partial charge on any atom is 0.134 e. The Balaban J connectivity index is 1.45. The Kier molecular flexibility index (Phi) is 5.31. The van der Waals surface area contributed by atoms with Crippen LogP contribution in [0.1, 0.15) is 5.82 Å². The third kappa shape index (κ3) is 4.56. The number of ether oxygens (including phenoxy) is 1. The van der Waals surface area contributed by atoms with Crippen LogP contribution in [-0.4, -0.2) is 54.2 Å². The SMILES string of the molecule is Cc1nc(Cl)cc(N2CCN(CCOc3ccccc3)CC2)n1. The van der Waals surface area contributed by atoms with Gasteiger partial charge in [-0.2, -0.15) is 0 Å². The highest BCUT2D eigenvalue weighted by Crippen LogP contribution is 2.17. The van der Waals surface area contributed by atoms with Gasteiger partial charge in [0.05, 0.1) is 0 Å². The van der Waals surface area contributed by atoms with E-state index < -0.39 is 0 Å². The molecule has 1 aliphatic rings. The van der Waals surface area contributed by atoms with Gasteiger partial charge in [0.1, 0.15) is 29.2 Å². The third-order valence-corrected chi connectivity index (χ3v) is 4.10. The average Bonchev–Trinajstić information content (AvgIpc) is 2.56. The Morgan fingerprint density at radius 2 is 1.83 bits per heavy atom. The molecule has 0 aliphatic carbocycles. The Labute approximate surface area is 141 Å². The smallest absolute Gasteiger partial charge is 0.134 e. The normalized spacial score (nSPS) is 15.7. The van der Waals surface area contributed by atoms with Crippen LogP contribution < -0.4 is 9.64 Å². The molecule has 5 nitrogen and oxygen atoms in total. The largest absolute Gasteiger partial charge is 0.492 e. The summed E-state index contributed by atoms with van der Waals surface area (Å²) in [6.45, 7) is 7.40. The molecule has 122 valence electrons. The lowest BCUT2D eigenvalue weighted by molar-refractivity contribution is 0.200. The first kappa shape index (κ1) is 16.0. The highest BCUT2D eigenvalue weighted by molar-refractivity contribution is 6.29. The number of halogens is 1. The summed E-state index contributed by atoms with van der Waals surface area (Å²) >= 11 is 6.02. The molecule has 0 N–H and O–H groups in total. The van der Waals surface area contributed by atoms with Crippen molar-refractivity contribution in [3.8, 4) is 5.75 Å². The van der Waals surface area contributed by atoms with Crippen molar-refractivity contribution >= 4 is 17.4 Å². The first-order valence-electron chi connectivity index (χ1n) is 7.87. The van der Waals surface area contributed by atoms with E-state index in [1.807, 2.05) is 43.3 Å². The average molecular weight is 333 g/mol. The standard InChI is InChI=1S/C17H21ClN4O/c1-14-19-16(18)13-17(20-14)22-9-7-21(8-10-22)11-12-23-15-5-3-2-4-6-15/h2-6,13H,7-12H2,1H3. The fourth-order valence-corrected chi connectivity index (χ4v) is 2.91. The van der Waals surface area contributed by atoms with Gasteiger partial charge in [-0.25, -0.2) is 9.97 Å². The molecule has 0 bridgehead atoms. The lowest BCUT2D eigenvalue weighted by atomic mass is 10.3. The number of aromatic nitrogens is 2. The molecule has 0 atom stereocenters. The minimum Gasteiger partial charge on any atom is -0.492 e. The van der Waals surface area contributed by atoms with Crippen LogP contribution >= 0.6 is 11.6 Å². The van der Waals surface area contributed by atoms with Crippen molar-refractivity contribution in [1.29, 1.82) is 0 Å². The van der Waals surface area contributed by atoms with Gasteiger partial charge < -0.3 is 9.64 Å². The second kappa shape index (κ2) is 7.62. The Morgan fingerprint density at radius 1 is 1.09 bits per heavy atom. The van der Waals surface area contributed by atoms with Crippen LogP contribution in [-0.2, 0) is 0 Å². The molecule has 2 aromatic rings. The maximum absolute atomic E-state index is 6.02. The Hall–Kier alpha value is -1.85. The molecule has 1 saturated heterocycles. The summed E-state index contributed by atoms with van der Waals surface area (Å²) in [6.07, 6.45) is 0. The summed E-state index contributed by atoms with van der Waals surface area (Å²) in [5.74, 6) is 2.56. The lowest BCUT2D eigenvalue weighted by Crippen LogP contribution is -2.47. The molecule has 1 aliphatic heterocycles. The molecule has 3 rings (SSSR count). The second-order valence-electron chi connectivity index (χ2n) is 5.59. The fourth-order valence-electron chi connectivity index (χ4n) is 2.69. The molecule has 0 amide bonds. The van der Waals surface area contributed by atoms with Gasteiger partial charge in [-0.1, -0.05) is 29.8 Å². The predicted octanol–water partition coefficient (Wildman–Crippen LogP) is 2.64. The fraction of sp³-hybridized carbons (Fsp3) is 0.412. The summed E-state index contributed by atoms with van der Waals surface area (Å²) in [5.41, 5.74) is 0. The molecule has 1 aromatic heterocycles. The van der Waals surface area contributed by atoms with Gasteiger partial charge in [0.15, 0.2) is 0 Å². The van der Waals surface area contributed by atoms with Gasteiger partial charge in [-0.05, 0) is 19.1 Å². The number of nitrogens with zero attached hydrogens (tertiary/aromatic N) is 4.